The van der Waals surface area contributed by atoms with Crippen molar-refractivity contribution in [2.45, 2.75) is 12.8 Å². The van der Waals surface area contributed by atoms with E-state index < -0.39 is 0 Å². The predicted octanol–water partition coefficient (Wildman–Crippen LogP) is 2.76. The third kappa shape index (κ3) is 62.1. The van der Waals surface area contributed by atoms with Gasteiger partial charge in [-0.25, -0.2) is 0 Å². The summed E-state index contributed by atoms with van der Waals surface area (Å²) in [5.74, 6) is 0. The van der Waals surface area contributed by atoms with Crippen LogP contribution in [-0.4, -0.2) is 0 Å². The Balaban J connectivity index is -0.0000000315. The Morgan fingerprint density at radius 3 is 1.90 bits per heavy atom. The van der Waals surface area contributed by atoms with Crippen molar-refractivity contribution in [3.63, 3.8) is 0 Å². The molecule has 0 amide bonds. The van der Waals surface area contributed by atoms with Gasteiger partial charge >= 0.3 is 51.6 Å². The second kappa shape index (κ2) is 49.7. The van der Waals surface area contributed by atoms with E-state index in [1.807, 2.05) is 6.08 Å². The van der Waals surface area contributed by atoms with Crippen LogP contribution in [0, 0.1) is 18.8 Å². The minimum atomic E-state index is 0. The molecular formula is C6H9CuINZn. The Morgan fingerprint density at radius 1 is 1.60 bits per heavy atom. The zero-order valence-corrected chi connectivity index (χ0v) is 11.8. The molecule has 0 N–H and O–H groups in total. The van der Waals surface area contributed by atoms with Crippen LogP contribution in [0.25, 0.3) is 0 Å². The maximum atomic E-state index is 6.25. The summed E-state index contributed by atoms with van der Waals surface area (Å²) in [7, 11) is 0. The van der Waals surface area contributed by atoms with Crippen molar-refractivity contribution in [1.29, 1.82) is 5.26 Å². The van der Waals surface area contributed by atoms with E-state index in [2.05, 4.69) is 33.3 Å². The van der Waals surface area contributed by atoms with Crippen LogP contribution in [0.1, 0.15) is 12.8 Å². The normalized spacial score (nSPS) is 4.60. The zero-order chi connectivity index (χ0) is 8.12. The first-order chi connectivity index (χ1) is 4.41. The Labute approximate surface area is 95.0 Å². The van der Waals surface area contributed by atoms with Crippen molar-refractivity contribution in [2.75, 3.05) is 0 Å². The van der Waals surface area contributed by atoms with Gasteiger partial charge in [0, 0.05) is 0 Å². The molecule has 0 aromatic heterocycles. The van der Waals surface area contributed by atoms with Crippen molar-refractivity contribution in [2.24, 2.45) is 0 Å². The van der Waals surface area contributed by atoms with Crippen LogP contribution in [0.5, 0.6) is 0 Å². The summed E-state index contributed by atoms with van der Waals surface area (Å²) in [6, 6.07) is 0. The molecule has 0 heterocycles. The first kappa shape index (κ1) is 22.5. The Morgan fingerprint density at radius 2 is 1.90 bits per heavy atom. The molecule has 0 spiro atoms. The van der Waals surface area contributed by atoms with Crippen molar-refractivity contribution < 1.29 is 31.9 Å². The summed E-state index contributed by atoms with van der Waals surface area (Å²) in [5, 5.41) is 6.25. The molecule has 0 radical (unpaired) electrons. The molecule has 0 bridgehead atoms. The fraction of sp³-hybridized carbons (Fsp3) is 0.333. The molecule has 0 saturated heterocycles. The quantitative estimate of drug-likeness (QED) is 0.325. The molecule has 0 aliphatic rings. The van der Waals surface area contributed by atoms with E-state index in [0.717, 1.165) is 12.8 Å². The van der Waals surface area contributed by atoms with Gasteiger partial charge in [0.05, 0.1) is 0 Å². The molecular weight excluding hydrogens is 342 g/mol. The van der Waals surface area contributed by atoms with Crippen LogP contribution in [0.4, 0.5) is 0 Å². The van der Waals surface area contributed by atoms with Gasteiger partial charge in [0.1, 0.15) is 0 Å². The molecule has 0 saturated carbocycles. The van der Waals surface area contributed by atoms with Crippen LogP contribution < -0.4 is 0 Å². The van der Waals surface area contributed by atoms with E-state index in [9.17, 15) is 0 Å². The number of allylic oxidation sites excluding steroid dienone is 1. The van der Waals surface area contributed by atoms with E-state index in [0.29, 0.717) is 0 Å². The number of rotatable bonds is 2. The van der Waals surface area contributed by atoms with Crippen molar-refractivity contribution >= 4 is 19.8 Å². The average Bonchev–Trinajstić information content (AvgIpc) is 1.98. The Bertz CT molecular complexity index is 59.0. The van der Waals surface area contributed by atoms with Gasteiger partial charge in [0.15, 0.2) is 0 Å². The van der Waals surface area contributed by atoms with Gasteiger partial charge in [0.2, 0.25) is 0 Å². The number of hydrogen-bond acceptors (Lipinski definition) is 1. The average molecular weight is 351 g/mol. The molecule has 4 heteroatoms. The number of nitrogens with zero attached hydrogens (tertiary/aromatic N) is 1. The van der Waals surface area contributed by atoms with Gasteiger partial charge in [-0.05, 0) is 0 Å². The number of hydrogen-bond donors (Lipinski definition) is 0. The molecule has 0 aliphatic heterocycles. The van der Waals surface area contributed by atoms with Crippen LogP contribution in [0.3, 0.4) is 0 Å². The summed E-state index contributed by atoms with van der Waals surface area (Å²) in [6.07, 6.45) is 3.89. The first-order valence-corrected chi connectivity index (χ1v) is 11.4. The van der Waals surface area contributed by atoms with Crippen molar-refractivity contribution in [1.82, 2.24) is 0 Å². The summed E-state index contributed by atoms with van der Waals surface area (Å²) >= 11 is 3.62. The standard InChI is InChI=1S/C5H9.CN.Cu.HI.Zn/c1-3-5-4-2;1-2;;;/h3H,1-2,4-5H2;;;1H;/q2*-1;+1;;+2/p-1. The van der Waals surface area contributed by atoms with E-state index in [-0.39, 0.29) is 17.1 Å². The van der Waals surface area contributed by atoms with Gasteiger partial charge in [-0.3, -0.25) is 0 Å². The molecule has 0 aromatic rings. The second-order valence-corrected chi connectivity index (χ2v) is 0.931. The summed E-state index contributed by atoms with van der Waals surface area (Å²) in [4.78, 5) is 0. The number of halogens is 1. The van der Waals surface area contributed by atoms with E-state index >= 15 is 0 Å². The van der Waals surface area contributed by atoms with Crippen LogP contribution in [0.2, 0.25) is 0 Å². The van der Waals surface area contributed by atoms with Crippen LogP contribution in [0.15, 0.2) is 12.7 Å². The Hall–Kier alpha value is 1.10. The predicted molar refractivity (Wildman–Crippen MR) is 43.8 cm³/mol. The summed E-state index contributed by atoms with van der Waals surface area (Å²) < 4.78 is 0. The third-order valence-electron chi connectivity index (χ3n) is 0.408. The van der Waals surface area contributed by atoms with Crippen LogP contribution in [-0.2, 0) is 31.9 Å². The topological polar surface area (TPSA) is 23.8 Å². The van der Waals surface area contributed by atoms with Gasteiger partial charge in [0.25, 0.3) is 0 Å². The van der Waals surface area contributed by atoms with Gasteiger partial charge in [-0.2, -0.15) is 6.42 Å². The monoisotopic (exact) mass is 349 g/mol. The van der Waals surface area contributed by atoms with Crippen molar-refractivity contribution in [3.05, 3.63) is 26.2 Å². The molecule has 0 aliphatic carbocycles. The minimum absolute atomic E-state index is 0. The zero-order valence-electron chi connectivity index (χ0n) is 5.74. The molecule has 1 nitrogen and oxygen atoms in total. The molecule has 0 unspecified atom stereocenters. The van der Waals surface area contributed by atoms with Gasteiger partial charge < -0.3 is 18.8 Å². The molecule has 58 valence electrons. The number of unbranched alkanes of at least 4 members (excludes halogenated alkanes) is 1. The SMILES string of the molecule is C=CCC[CH2-].[C-]#N.[Cu+].[Zn+][I]. The molecule has 0 rings (SSSR count). The maximum absolute atomic E-state index is 6.25. The molecule has 10 heavy (non-hydrogen) atoms. The third-order valence-corrected chi connectivity index (χ3v) is 0.408. The molecule has 0 atom stereocenters. The fourth-order valence-electron chi connectivity index (χ4n) is 0.144. The molecule has 0 fully saturated rings. The van der Waals surface area contributed by atoms with E-state index in [1.54, 1.807) is 0 Å². The summed E-state index contributed by atoms with van der Waals surface area (Å²) in [6.45, 7) is 11.9. The summed E-state index contributed by atoms with van der Waals surface area (Å²) in [5.41, 5.74) is 0. The first-order valence-electron chi connectivity index (χ1n) is 2.31. The molecule has 0 aromatic carbocycles. The van der Waals surface area contributed by atoms with Crippen LogP contribution >= 0.6 is 19.8 Å². The van der Waals surface area contributed by atoms with Crippen molar-refractivity contribution in [3.8, 4) is 0 Å². The second-order valence-electron chi connectivity index (χ2n) is 0.931. The van der Waals surface area contributed by atoms with Gasteiger partial charge in [-0.1, -0.05) is 12.5 Å². The van der Waals surface area contributed by atoms with Gasteiger partial charge in [-0.15, -0.1) is 6.58 Å². The van der Waals surface area contributed by atoms with E-state index in [4.69, 9.17) is 11.8 Å². The fourth-order valence-corrected chi connectivity index (χ4v) is 0.144. The van der Waals surface area contributed by atoms with E-state index in [1.165, 1.54) is 14.8 Å². The Kier molecular flexibility index (Phi) is 112.